The normalized spacial score (nSPS) is 16.9. The number of fused-ring (bicyclic) bond motifs is 1. The van der Waals surface area contributed by atoms with Gasteiger partial charge in [-0.1, -0.05) is 17.5 Å². The van der Waals surface area contributed by atoms with E-state index in [-0.39, 0.29) is 11.9 Å². The Labute approximate surface area is 121 Å². The number of rotatable bonds is 3. The maximum atomic E-state index is 12.3. The van der Waals surface area contributed by atoms with Crippen molar-refractivity contribution in [1.82, 2.24) is 14.9 Å². The van der Waals surface area contributed by atoms with Crippen LogP contribution in [0.15, 0.2) is 18.2 Å². The van der Waals surface area contributed by atoms with Crippen LogP contribution in [0, 0.1) is 0 Å². The van der Waals surface area contributed by atoms with E-state index in [0.29, 0.717) is 4.88 Å². The smallest absolute Gasteiger partial charge is 0.265 e. The average molecular weight is 288 g/mol. The second-order valence-electron chi connectivity index (χ2n) is 4.93. The molecule has 1 amide bonds. The van der Waals surface area contributed by atoms with Crippen molar-refractivity contribution >= 4 is 23.1 Å². The maximum Gasteiger partial charge on any atom is 0.265 e. The van der Waals surface area contributed by atoms with Crippen molar-refractivity contribution in [2.75, 3.05) is 5.73 Å². The molecule has 1 unspecified atom stereocenters. The number of anilines is 1. The van der Waals surface area contributed by atoms with E-state index >= 15 is 0 Å². The van der Waals surface area contributed by atoms with Gasteiger partial charge < -0.3 is 11.1 Å². The largest absolute Gasteiger partial charge is 0.399 e. The fraction of sp³-hybridized carbons (Fsp3) is 0.357. The molecule has 1 heterocycles. The van der Waals surface area contributed by atoms with Gasteiger partial charge in [0.05, 0.1) is 11.7 Å². The van der Waals surface area contributed by atoms with Crippen molar-refractivity contribution in [2.45, 2.75) is 32.2 Å². The summed E-state index contributed by atoms with van der Waals surface area (Å²) in [5, 5.41) is 7.06. The standard InChI is InChI=1S/C14H16N4OS/c1-2-11-13(20-18-17-11)14(19)16-12-6-3-8-7-9(15)4-5-10(8)12/h4-5,7,12H,2-3,6,15H2,1H3,(H,16,19). The third-order valence-corrected chi connectivity index (χ3v) is 4.41. The van der Waals surface area contributed by atoms with Crippen LogP contribution in [0.4, 0.5) is 5.69 Å². The van der Waals surface area contributed by atoms with Crippen LogP contribution >= 0.6 is 11.5 Å². The van der Waals surface area contributed by atoms with E-state index < -0.39 is 0 Å². The van der Waals surface area contributed by atoms with E-state index in [1.54, 1.807) is 0 Å². The lowest BCUT2D eigenvalue weighted by Crippen LogP contribution is -2.27. The molecule has 2 aromatic rings. The number of benzene rings is 1. The zero-order chi connectivity index (χ0) is 14.1. The van der Waals surface area contributed by atoms with Gasteiger partial charge in [-0.2, -0.15) is 0 Å². The van der Waals surface area contributed by atoms with Gasteiger partial charge in [0.1, 0.15) is 4.88 Å². The number of nitrogens with two attached hydrogens (primary N) is 1. The van der Waals surface area contributed by atoms with E-state index in [0.717, 1.165) is 42.2 Å². The van der Waals surface area contributed by atoms with Crippen molar-refractivity contribution in [3.63, 3.8) is 0 Å². The number of aryl methyl sites for hydroxylation is 2. The van der Waals surface area contributed by atoms with Gasteiger partial charge in [-0.15, -0.1) is 5.10 Å². The first kappa shape index (κ1) is 13.1. The summed E-state index contributed by atoms with van der Waals surface area (Å²) in [4.78, 5) is 12.9. The van der Waals surface area contributed by atoms with Gasteiger partial charge in [0.15, 0.2) is 0 Å². The Bertz CT molecular complexity index is 652. The molecule has 0 saturated carbocycles. The molecule has 0 radical (unpaired) electrons. The lowest BCUT2D eigenvalue weighted by atomic mass is 10.1. The topological polar surface area (TPSA) is 80.9 Å². The zero-order valence-corrected chi connectivity index (χ0v) is 12.0. The highest BCUT2D eigenvalue weighted by atomic mass is 32.1. The summed E-state index contributed by atoms with van der Waals surface area (Å²) in [5.74, 6) is -0.0773. The number of nitrogen functional groups attached to an aromatic ring is 1. The van der Waals surface area contributed by atoms with Gasteiger partial charge in [0, 0.05) is 5.69 Å². The van der Waals surface area contributed by atoms with Crippen molar-refractivity contribution in [2.24, 2.45) is 0 Å². The van der Waals surface area contributed by atoms with Crippen molar-refractivity contribution in [1.29, 1.82) is 0 Å². The highest BCUT2D eigenvalue weighted by Crippen LogP contribution is 2.32. The minimum atomic E-state index is -0.0773. The molecule has 1 aromatic carbocycles. The average Bonchev–Trinajstić information content (AvgIpc) is 3.05. The maximum absolute atomic E-state index is 12.3. The quantitative estimate of drug-likeness (QED) is 0.848. The summed E-state index contributed by atoms with van der Waals surface area (Å²) in [6, 6.07) is 5.95. The van der Waals surface area contributed by atoms with E-state index in [2.05, 4.69) is 14.9 Å². The van der Waals surface area contributed by atoms with Gasteiger partial charge in [0.25, 0.3) is 5.91 Å². The molecule has 3 rings (SSSR count). The predicted octanol–water partition coefficient (Wildman–Crippen LogP) is 2.10. The fourth-order valence-corrected chi connectivity index (χ4v) is 3.28. The number of hydrogen-bond donors (Lipinski definition) is 2. The highest BCUT2D eigenvalue weighted by Gasteiger charge is 2.26. The molecular weight excluding hydrogens is 272 g/mol. The highest BCUT2D eigenvalue weighted by molar-refractivity contribution is 7.08. The van der Waals surface area contributed by atoms with E-state index in [1.165, 1.54) is 11.1 Å². The molecule has 1 aromatic heterocycles. The lowest BCUT2D eigenvalue weighted by Gasteiger charge is -2.13. The summed E-state index contributed by atoms with van der Waals surface area (Å²) in [6.07, 6.45) is 2.59. The summed E-state index contributed by atoms with van der Waals surface area (Å²) in [6.45, 7) is 1.97. The van der Waals surface area contributed by atoms with Crippen LogP contribution < -0.4 is 11.1 Å². The van der Waals surface area contributed by atoms with Gasteiger partial charge in [0.2, 0.25) is 0 Å². The molecule has 20 heavy (non-hydrogen) atoms. The number of nitrogens with zero attached hydrogens (tertiary/aromatic N) is 2. The molecule has 1 aliphatic carbocycles. The van der Waals surface area contributed by atoms with Crippen molar-refractivity contribution < 1.29 is 4.79 Å². The Hall–Kier alpha value is -1.95. The molecule has 5 nitrogen and oxygen atoms in total. The molecule has 104 valence electrons. The molecule has 6 heteroatoms. The minimum Gasteiger partial charge on any atom is -0.399 e. The first-order valence-electron chi connectivity index (χ1n) is 6.69. The number of aromatic nitrogens is 2. The minimum absolute atomic E-state index is 0.0601. The van der Waals surface area contributed by atoms with E-state index in [4.69, 9.17) is 5.73 Å². The number of carbonyl (C=O) groups excluding carboxylic acids is 1. The Morgan fingerprint density at radius 3 is 3.20 bits per heavy atom. The summed E-state index contributed by atoms with van der Waals surface area (Å²) >= 11 is 1.16. The monoisotopic (exact) mass is 288 g/mol. The first-order chi connectivity index (χ1) is 9.69. The summed E-state index contributed by atoms with van der Waals surface area (Å²) in [5.41, 5.74) is 9.73. The number of amides is 1. The Morgan fingerprint density at radius 2 is 2.40 bits per heavy atom. The molecule has 3 N–H and O–H groups in total. The van der Waals surface area contributed by atoms with E-state index in [1.807, 2.05) is 25.1 Å². The molecule has 0 bridgehead atoms. The summed E-state index contributed by atoms with van der Waals surface area (Å²) in [7, 11) is 0. The molecule has 0 spiro atoms. The first-order valence-corrected chi connectivity index (χ1v) is 7.46. The van der Waals surface area contributed by atoms with E-state index in [9.17, 15) is 4.79 Å². The van der Waals surface area contributed by atoms with Crippen LogP contribution in [-0.4, -0.2) is 15.5 Å². The zero-order valence-electron chi connectivity index (χ0n) is 11.2. The molecule has 1 aliphatic rings. The molecule has 1 atom stereocenters. The van der Waals surface area contributed by atoms with Crippen molar-refractivity contribution in [3.8, 4) is 0 Å². The SMILES string of the molecule is CCc1nnsc1C(=O)NC1CCc2cc(N)ccc21. The Balaban J connectivity index is 1.79. The second-order valence-corrected chi connectivity index (χ2v) is 5.68. The van der Waals surface area contributed by atoms with Crippen molar-refractivity contribution in [3.05, 3.63) is 39.9 Å². The van der Waals surface area contributed by atoms with Gasteiger partial charge in [-0.05, 0) is 54.1 Å². The van der Waals surface area contributed by atoms with Crippen LogP contribution in [0.2, 0.25) is 0 Å². The van der Waals surface area contributed by atoms with Gasteiger partial charge in [-0.25, -0.2) is 0 Å². The molecule has 0 fully saturated rings. The molecular formula is C14H16N4OS. The Kier molecular flexibility index (Phi) is 3.40. The van der Waals surface area contributed by atoms with Crippen LogP contribution in [0.5, 0.6) is 0 Å². The molecule has 0 saturated heterocycles. The second kappa shape index (κ2) is 5.20. The summed E-state index contributed by atoms with van der Waals surface area (Å²) < 4.78 is 3.86. The number of hydrogen-bond acceptors (Lipinski definition) is 5. The van der Waals surface area contributed by atoms with Crippen LogP contribution in [0.3, 0.4) is 0 Å². The number of nitrogens with one attached hydrogen (secondary N) is 1. The van der Waals surface area contributed by atoms with Crippen LogP contribution in [-0.2, 0) is 12.8 Å². The third-order valence-electron chi connectivity index (χ3n) is 3.65. The lowest BCUT2D eigenvalue weighted by molar-refractivity contribution is 0.0940. The third kappa shape index (κ3) is 2.27. The predicted molar refractivity (Wildman–Crippen MR) is 78.7 cm³/mol. The van der Waals surface area contributed by atoms with Gasteiger partial charge in [-0.3, -0.25) is 4.79 Å². The fourth-order valence-electron chi connectivity index (χ4n) is 2.62. The van der Waals surface area contributed by atoms with Crippen LogP contribution in [0.1, 0.15) is 45.9 Å². The number of carbonyl (C=O) groups is 1. The van der Waals surface area contributed by atoms with Gasteiger partial charge >= 0.3 is 0 Å². The molecule has 0 aliphatic heterocycles. The van der Waals surface area contributed by atoms with Crippen LogP contribution in [0.25, 0.3) is 0 Å². The Morgan fingerprint density at radius 1 is 1.55 bits per heavy atom.